The number of carboxylic acids is 1. The first-order chi connectivity index (χ1) is 13.0. The van der Waals surface area contributed by atoms with Gasteiger partial charge in [0.05, 0.1) is 6.04 Å². The van der Waals surface area contributed by atoms with Crippen LogP contribution in [-0.4, -0.2) is 59.5 Å². The molecule has 0 heterocycles. The van der Waals surface area contributed by atoms with Gasteiger partial charge in [-0.3, -0.25) is 19.2 Å². The van der Waals surface area contributed by atoms with Crippen LogP contribution in [0.1, 0.15) is 53.4 Å². The molecule has 0 spiro atoms. The molecule has 0 aromatic heterocycles. The number of unbranched alkanes of at least 4 members (excludes halogenated alkanes) is 1. The van der Waals surface area contributed by atoms with E-state index in [0.29, 0.717) is 32.2 Å². The maximum Gasteiger partial charge on any atom is 0.325 e. The zero-order chi connectivity index (χ0) is 21.9. The van der Waals surface area contributed by atoms with Gasteiger partial charge in [0.1, 0.15) is 18.1 Å². The minimum Gasteiger partial charge on any atom is -0.480 e. The molecular formula is C18H35N5O5. The third-order valence-corrected chi connectivity index (χ3v) is 4.06. The molecule has 0 unspecified atom stereocenters. The lowest BCUT2D eigenvalue weighted by atomic mass is 10.0. The van der Waals surface area contributed by atoms with E-state index in [1.165, 1.54) is 13.8 Å². The van der Waals surface area contributed by atoms with Gasteiger partial charge in [-0.05, 0) is 52.0 Å². The van der Waals surface area contributed by atoms with Gasteiger partial charge in [0, 0.05) is 0 Å². The molecule has 0 aliphatic heterocycles. The number of carboxylic acid groups (broad SMARTS) is 1. The number of nitrogens with two attached hydrogens (primary N) is 2. The first-order valence-corrected chi connectivity index (χ1v) is 9.59. The molecule has 4 atom stereocenters. The summed E-state index contributed by atoms with van der Waals surface area (Å²) in [6.45, 7) is 7.06. The second-order valence-electron chi connectivity index (χ2n) is 7.39. The minimum atomic E-state index is -1.17. The third-order valence-electron chi connectivity index (χ3n) is 4.06. The van der Waals surface area contributed by atoms with E-state index < -0.39 is 47.9 Å². The van der Waals surface area contributed by atoms with Gasteiger partial charge in [0.2, 0.25) is 17.7 Å². The Bertz CT molecular complexity index is 538. The Labute approximate surface area is 166 Å². The van der Waals surface area contributed by atoms with E-state index >= 15 is 0 Å². The number of hydrogen-bond donors (Lipinski definition) is 6. The van der Waals surface area contributed by atoms with E-state index in [2.05, 4.69) is 16.0 Å². The summed E-state index contributed by atoms with van der Waals surface area (Å²) in [7, 11) is 0. The van der Waals surface area contributed by atoms with Crippen molar-refractivity contribution in [2.45, 2.75) is 77.5 Å². The number of aliphatic carboxylic acids is 1. The normalized spacial score (nSPS) is 15.2. The Balaban J connectivity index is 5.22. The van der Waals surface area contributed by atoms with Crippen molar-refractivity contribution < 1.29 is 24.3 Å². The predicted octanol–water partition coefficient (Wildman–Crippen LogP) is -0.932. The van der Waals surface area contributed by atoms with Crippen LogP contribution in [-0.2, 0) is 19.2 Å². The topological polar surface area (TPSA) is 177 Å². The van der Waals surface area contributed by atoms with Crippen LogP contribution in [0.4, 0.5) is 0 Å². The second kappa shape index (κ2) is 13.1. The number of rotatable bonds is 13. The van der Waals surface area contributed by atoms with Gasteiger partial charge < -0.3 is 32.5 Å². The van der Waals surface area contributed by atoms with E-state index in [-0.39, 0.29) is 5.92 Å². The molecule has 162 valence electrons. The maximum atomic E-state index is 12.7. The Morgan fingerprint density at radius 3 is 1.86 bits per heavy atom. The highest BCUT2D eigenvalue weighted by atomic mass is 16.4. The molecule has 0 aromatic carbocycles. The van der Waals surface area contributed by atoms with Gasteiger partial charge in [-0.1, -0.05) is 13.8 Å². The van der Waals surface area contributed by atoms with Crippen molar-refractivity contribution >= 4 is 23.7 Å². The summed E-state index contributed by atoms with van der Waals surface area (Å²) in [6, 6.07) is -3.64. The first kappa shape index (κ1) is 25.8. The average molecular weight is 402 g/mol. The summed E-state index contributed by atoms with van der Waals surface area (Å²) >= 11 is 0. The Morgan fingerprint density at radius 2 is 1.39 bits per heavy atom. The van der Waals surface area contributed by atoms with Crippen LogP contribution in [0.3, 0.4) is 0 Å². The number of carbonyl (C=O) groups excluding carboxylic acids is 3. The Hall–Kier alpha value is -2.20. The van der Waals surface area contributed by atoms with Gasteiger partial charge in [-0.25, -0.2) is 0 Å². The Kier molecular flexibility index (Phi) is 12.0. The summed E-state index contributed by atoms with van der Waals surface area (Å²) in [5.74, 6) is -2.68. The molecule has 0 rings (SSSR count). The van der Waals surface area contributed by atoms with Crippen molar-refractivity contribution in [1.29, 1.82) is 0 Å². The monoisotopic (exact) mass is 401 g/mol. The van der Waals surface area contributed by atoms with E-state index in [4.69, 9.17) is 16.6 Å². The van der Waals surface area contributed by atoms with Gasteiger partial charge in [0.15, 0.2) is 0 Å². The number of carbonyl (C=O) groups is 4. The fraction of sp³-hybridized carbons (Fsp3) is 0.778. The van der Waals surface area contributed by atoms with Gasteiger partial charge >= 0.3 is 5.97 Å². The lowest BCUT2D eigenvalue weighted by Crippen LogP contribution is -2.56. The molecule has 0 radical (unpaired) electrons. The highest BCUT2D eigenvalue weighted by molar-refractivity contribution is 5.93. The highest BCUT2D eigenvalue weighted by Crippen LogP contribution is 2.08. The third kappa shape index (κ3) is 10.2. The molecule has 8 N–H and O–H groups in total. The van der Waals surface area contributed by atoms with E-state index in [1.54, 1.807) is 0 Å². The van der Waals surface area contributed by atoms with Crippen LogP contribution in [0.25, 0.3) is 0 Å². The number of amides is 3. The predicted molar refractivity (Wildman–Crippen MR) is 105 cm³/mol. The average Bonchev–Trinajstić information content (AvgIpc) is 2.59. The smallest absolute Gasteiger partial charge is 0.325 e. The zero-order valence-corrected chi connectivity index (χ0v) is 17.2. The summed E-state index contributed by atoms with van der Waals surface area (Å²) in [5.41, 5.74) is 11.0. The molecule has 0 saturated heterocycles. The maximum absolute atomic E-state index is 12.7. The molecule has 0 aliphatic carbocycles. The lowest BCUT2D eigenvalue weighted by Gasteiger charge is -2.25. The fourth-order valence-corrected chi connectivity index (χ4v) is 2.42. The highest BCUT2D eigenvalue weighted by Gasteiger charge is 2.29. The zero-order valence-electron chi connectivity index (χ0n) is 17.2. The molecule has 0 aliphatic rings. The number of hydrogen-bond acceptors (Lipinski definition) is 6. The van der Waals surface area contributed by atoms with E-state index in [0.717, 1.165) is 0 Å². The quantitative estimate of drug-likeness (QED) is 0.216. The summed E-state index contributed by atoms with van der Waals surface area (Å²) in [4.78, 5) is 48.0. The SMILES string of the molecule is CC(C)C[C@H](NC(=O)[C@H](CCCCN)NC(=O)[C@H](C)N)C(=O)N[C@@H](C)C(=O)O. The summed E-state index contributed by atoms with van der Waals surface area (Å²) in [5, 5.41) is 16.6. The second-order valence-corrected chi connectivity index (χ2v) is 7.39. The van der Waals surface area contributed by atoms with Crippen molar-refractivity contribution in [3.63, 3.8) is 0 Å². The van der Waals surface area contributed by atoms with Crippen LogP contribution in [0, 0.1) is 5.92 Å². The largest absolute Gasteiger partial charge is 0.480 e. The Morgan fingerprint density at radius 1 is 0.857 bits per heavy atom. The lowest BCUT2D eigenvalue weighted by molar-refractivity contribution is -0.142. The van der Waals surface area contributed by atoms with Crippen LogP contribution >= 0.6 is 0 Å². The standard InChI is InChI=1S/C18H35N5O5/c1-10(2)9-14(17(26)21-12(4)18(27)28)23-16(25)13(7-5-6-8-19)22-15(24)11(3)20/h10-14H,5-9,19-20H2,1-4H3,(H,21,26)(H,22,24)(H,23,25)(H,27,28)/t11-,12-,13-,14-/m0/s1. The van der Waals surface area contributed by atoms with Crippen LogP contribution < -0.4 is 27.4 Å². The van der Waals surface area contributed by atoms with Crippen molar-refractivity contribution in [3.05, 3.63) is 0 Å². The van der Waals surface area contributed by atoms with Crippen LogP contribution in [0.2, 0.25) is 0 Å². The van der Waals surface area contributed by atoms with Gasteiger partial charge in [-0.15, -0.1) is 0 Å². The molecule has 10 heteroatoms. The summed E-state index contributed by atoms with van der Waals surface area (Å²) < 4.78 is 0. The minimum absolute atomic E-state index is 0.0746. The molecule has 0 aromatic rings. The van der Waals surface area contributed by atoms with Crippen molar-refractivity contribution in [1.82, 2.24) is 16.0 Å². The van der Waals surface area contributed by atoms with Crippen LogP contribution in [0.15, 0.2) is 0 Å². The molecule has 3 amide bonds. The van der Waals surface area contributed by atoms with Gasteiger partial charge in [-0.2, -0.15) is 0 Å². The number of nitrogens with one attached hydrogen (secondary N) is 3. The molecule has 0 fully saturated rings. The van der Waals surface area contributed by atoms with Crippen molar-refractivity contribution in [2.75, 3.05) is 6.54 Å². The van der Waals surface area contributed by atoms with Crippen molar-refractivity contribution in [3.8, 4) is 0 Å². The first-order valence-electron chi connectivity index (χ1n) is 9.59. The fourth-order valence-electron chi connectivity index (χ4n) is 2.42. The molecule has 0 saturated carbocycles. The molecular weight excluding hydrogens is 366 g/mol. The summed E-state index contributed by atoms with van der Waals surface area (Å²) in [6.07, 6.45) is 1.97. The molecule has 10 nitrogen and oxygen atoms in total. The van der Waals surface area contributed by atoms with E-state index in [9.17, 15) is 19.2 Å². The van der Waals surface area contributed by atoms with Gasteiger partial charge in [0.25, 0.3) is 0 Å². The van der Waals surface area contributed by atoms with E-state index in [1.807, 2.05) is 13.8 Å². The molecule has 28 heavy (non-hydrogen) atoms. The van der Waals surface area contributed by atoms with Crippen LogP contribution in [0.5, 0.6) is 0 Å². The van der Waals surface area contributed by atoms with Crippen molar-refractivity contribution in [2.24, 2.45) is 17.4 Å². The molecule has 0 bridgehead atoms.